The summed E-state index contributed by atoms with van der Waals surface area (Å²) in [6.45, 7) is 0.146. The van der Waals surface area contributed by atoms with E-state index in [1.165, 1.54) is 11.8 Å². The highest BCUT2D eigenvalue weighted by molar-refractivity contribution is 9.10. The van der Waals surface area contributed by atoms with Crippen LogP contribution in [0, 0.1) is 0 Å². The molecule has 1 amide bonds. The number of carbonyl (C=O) groups excluding carboxylic acids is 1. The van der Waals surface area contributed by atoms with Gasteiger partial charge >= 0.3 is 5.97 Å². The average molecular weight is 348 g/mol. The molecule has 3 N–H and O–H groups in total. The third kappa shape index (κ3) is 6.60. The maximum Gasteiger partial charge on any atom is 0.332 e. The van der Waals surface area contributed by atoms with E-state index in [4.69, 9.17) is 10.2 Å². The summed E-state index contributed by atoms with van der Waals surface area (Å²) < 4.78 is 0.976. The number of thioether (sulfide) groups is 1. The van der Waals surface area contributed by atoms with Crippen LogP contribution in [0.5, 0.6) is 0 Å². The van der Waals surface area contributed by atoms with Gasteiger partial charge in [0.05, 0.1) is 5.75 Å². The largest absolute Gasteiger partial charge is 0.479 e. The van der Waals surface area contributed by atoms with Crippen LogP contribution in [0.1, 0.15) is 6.42 Å². The molecule has 0 saturated carbocycles. The number of rotatable bonds is 7. The molecule has 5 nitrogen and oxygen atoms in total. The number of hydrogen-bond acceptors (Lipinski definition) is 4. The lowest BCUT2D eigenvalue weighted by atomic mass is 10.2. The summed E-state index contributed by atoms with van der Waals surface area (Å²) in [6.07, 6.45) is -1.43. The highest BCUT2D eigenvalue weighted by atomic mass is 79.9. The van der Waals surface area contributed by atoms with Gasteiger partial charge in [-0.15, -0.1) is 11.8 Å². The van der Waals surface area contributed by atoms with Crippen LogP contribution < -0.4 is 5.32 Å². The Bertz CT molecular complexity index is 438. The molecule has 0 aliphatic rings. The second-order valence-corrected chi connectivity index (χ2v) is 5.70. The zero-order valence-electron chi connectivity index (χ0n) is 10.0. The normalized spacial score (nSPS) is 11.9. The van der Waals surface area contributed by atoms with Gasteiger partial charge in [-0.1, -0.05) is 15.9 Å². The molecular formula is C12H14BrNO4S. The predicted octanol–water partition coefficient (Wildman–Crippen LogP) is 1.49. The molecule has 7 heteroatoms. The Morgan fingerprint density at radius 3 is 2.53 bits per heavy atom. The molecule has 0 fully saturated rings. The SMILES string of the molecule is O=C(CSc1ccc(Br)cc1)NCCC(O)C(=O)O. The van der Waals surface area contributed by atoms with E-state index in [0.717, 1.165) is 9.37 Å². The molecule has 1 rings (SSSR count). The van der Waals surface area contributed by atoms with Crippen molar-refractivity contribution in [3.8, 4) is 0 Å². The van der Waals surface area contributed by atoms with Crippen molar-refractivity contribution in [1.29, 1.82) is 0 Å². The zero-order valence-corrected chi connectivity index (χ0v) is 12.4. The number of halogens is 1. The van der Waals surface area contributed by atoms with Crippen LogP contribution in [0.4, 0.5) is 0 Å². The second-order valence-electron chi connectivity index (χ2n) is 3.74. The van der Waals surface area contributed by atoms with E-state index in [0.29, 0.717) is 0 Å². The van der Waals surface area contributed by atoms with Crippen molar-refractivity contribution in [3.05, 3.63) is 28.7 Å². The molecule has 19 heavy (non-hydrogen) atoms. The van der Waals surface area contributed by atoms with Crippen molar-refractivity contribution in [2.75, 3.05) is 12.3 Å². The van der Waals surface area contributed by atoms with Crippen molar-refractivity contribution in [2.45, 2.75) is 17.4 Å². The van der Waals surface area contributed by atoms with E-state index in [2.05, 4.69) is 21.2 Å². The van der Waals surface area contributed by atoms with E-state index < -0.39 is 12.1 Å². The third-order valence-corrected chi connectivity index (χ3v) is 3.75. The second kappa shape index (κ2) is 8.19. The summed E-state index contributed by atoms with van der Waals surface area (Å²) in [6, 6.07) is 7.58. The molecule has 0 radical (unpaired) electrons. The molecule has 0 bridgehead atoms. The fourth-order valence-corrected chi connectivity index (χ4v) is 2.20. The summed E-state index contributed by atoms with van der Waals surface area (Å²) in [5, 5.41) is 20.0. The van der Waals surface area contributed by atoms with Gasteiger partial charge in [-0.25, -0.2) is 4.79 Å². The average Bonchev–Trinajstić information content (AvgIpc) is 2.37. The lowest BCUT2D eigenvalue weighted by molar-refractivity contribution is -0.147. The van der Waals surface area contributed by atoms with Crippen molar-refractivity contribution < 1.29 is 19.8 Å². The molecule has 0 spiro atoms. The molecule has 104 valence electrons. The van der Waals surface area contributed by atoms with Gasteiger partial charge in [-0.3, -0.25) is 4.79 Å². The number of aliphatic hydroxyl groups excluding tert-OH is 1. The van der Waals surface area contributed by atoms with Crippen molar-refractivity contribution in [3.63, 3.8) is 0 Å². The monoisotopic (exact) mass is 347 g/mol. The Labute approximate surface area is 123 Å². The number of carboxylic acid groups (broad SMARTS) is 1. The van der Waals surface area contributed by atoms with Crippen LogP contribution in [-0.2, 0) is 9.59 Å². The minimum Gasteiger partial charge on any atom is -0.479 e. The number of aliphatic hydroxyl groups is 1. The number of benzene rings is 1. The molecule has 1 unspecified atom stereocenters. The van der Waals surface area contributed by atoms with Crippen LogP contribution in [0.2, 0.25) is 0 Å². The summed E-state index contributed by atoms with van der Waals surface area (Å²) in [5.41, 5.74) is 0. The molecule has 1 atom stereocenters. The van der Waals surface area contributed by atoms with Gasteiger partial charge in [0.15, 0.2) is 6.10 Å². The predicted molar refractivity (Wildman–Crippen MR) is 76.1 cm³/mol. The van der Waals surface area contributed by atoms with E-state index in [9.17, 15) is 9.59 Å². The minimum atomic E-state index is -1.43. The molecule has 1 aromatic carbocycles. The summed E-state index contributed by atoms with van der Waals surface area (Å²) in [5.74, 6) is -1.21. The van der Waals surface area contributed by atoms with Gasteiger partial charge in [0.1, 0.15) is 0 Å². The van der Waals surface area contributed by atoms with Gasteiger partial charge in [0, 0.05) is 22.3 Å². The van der Waals surface area contributed by atoms with Gasteiger partial charge in [-0.2, -0.15) is 0 Å². The van der Waals surface area contributed by atoms with E-state index in [-0.39, 0.29) is 24.6 Å². The first-order valence-corrected chi connectivity index (χ1v) is 7.33. The standard InChI is InChI=1S/C12H14BrNO4S/c13-8-1-3-9(4-2-8)19-7-11(16)14-6-5-10(15)12(17)18/h1-4,10,15H,5-7H2,(H,14,16)(H,17,18). The number of carboxylic acids is 1. The highest BCUT2D eigenvalue weighted by Crippen LogP contribution is 2.20. The van der Waals surface area contributed by atoms with Crippen LogP contribution in [-0.4, -0.2) is 40.5 Å². The van der Waals surface area contributed by atoms with Crippen molar-refractivity contribution in [2.24, 2.45) is 0 Å². The fraction of sp³-hybridized carbons (Fsp3) is 0.333. The van der Waals surface area contributed by atoms with Crippen LogP contribution in [0.15, 0.2) is 33.6 Å². The summed E-state index contributed by atoms with van der Waals surface area (Å²) in [7, 11) is 0. The smallest absolute Gasteiger partial charge is 0.332 e. The number of nitrogens with one attached hydrogen (secondary N) is 1. The summed E-state index contributed by atoms with van der Waals surface area (Å²) in [4.78, 5) is 22.8. The zero-order chi connectivity index (χ0) is 14.3. The fourth-order valence-electron chi connectivity index (χ4n) is 1.20. The molecule has 0 aromatic heterocycles. The third-order valence-electron chi connectivity index (χ3n) is 2.21. The Hall–Kier alpha value is -1.05. The Kier molecular flexibility index (Phi) is 6.90. The molecule has 1 aromatic rings. The molecule has 0 aliphatic carbocycles. The first-order valence-electron chi connectivity index (χ1n) is 5.55. The van der Waals surface area contributed by atoms with Crippen molar-refractivity contribution >= 4 is 39.6 Å². The highest BCUT2D eigenvalue weighted by Gasteiger charge is 2.12. The van der Waals surface area contributed by atoms with Gasteiger partial charge < -0.3 is 15.5 Å². The molecule has 0 saturated heterocycles. The topological polar surface area (TPSA) is 86.6 Å². The van der Waals surface area contributed by atoms with Crippen LogP contribution in [0.3, 0.4) is 0 Å². The number of carbonyl (C=O) groups is 2. The minimum absolute atomic E-state index is 0.00399. The molecular weight excluding hydrogens is 334 g/mol. The number of hydrogen-bond donors (Lipinski definition) is 3. The summed E-state index contributed by atoms with van der Waals surface area (Å²) >= 11 is 4.72. The van der Waals surface area contributed by atoms with Crippen LogP contribution in [0.25, 0.3) is 0 Å². The number of amides is 1. The van der Waals surface area contributed by atoms with Gasteiger partial charge in [0.25, 0.3) is 0 Å². The Morgan fingerprint density at radius 1 is 1.32 bits per heavy atom. The van der Waals surface area contributed by atoms with Gasteiger partial charge in [0.2, 0.25) is 5.91 Å². The first kappa shape index (κ1) is 16.0. The lowest BCUT2D eigenvalue weighted by Crippen LogP contribution is -2.31. The molecule has 0 aliphatic heterocycles. The molecule has 0 heterocycles. The van der Waals surface area contributed by atoms with E-state index >= 15 is 0 Å². The van der Waals surface area contributed by atoms with Crippen molar-refractivity contribution in [1.82, 2.24) is 5.32 Å². The quantitative estimate of drug-likeness (QED) is 0.650. The number of aliphatic carboxylic acids is 1. The Morgan fingerprint density at radius 2 is 1.95 bits per heavy atom. The maximum absolute atomic E-state index is 11.5. The first-order chi connectivity index (χ1) is 8.99. The van der Waals surface area contributed by atoms with Gasteiger partial charge in [-0.05, 0) is 24.3 Å². The lowest BCUT2D eigenvalue weighted by Gasteiger charge is -2.07. The van der Waals surface area contributed by atoms with Crippen LogP contribution >= 0.6 is 27.7 Å². The van der Waals surface area contributed by atoms with E-state index in [1.807, 2.05) is 24.3 Å². The Balaban J connectivity index is 2.21. The van der Waals surface area contributed by atoms with E-state index in [1.54, 1.807) is 0 Å². The maximum atomic E-state index is 11.5.